The highest BCUT2D eigenvalue weighted by Crippen LogP contribution is 2.17. The van der Waals surface area contributed by atoms with Crippen LogP contribution in [-0.2, 0) is 10.5 Å². The fourth-order valence-corrected chi connectivity index (χ4v) is 2.22. The summed E-state index contributed by atoms with van der Waals surface area (Å²) in [5, 5.41) is 4.27. The standard InChI is InChI=1S/C10H10N2O2S/c13-8-9(12-10(14)11-8)15-6-7-4-2-1-3-5-7/h1-5,9H,6H2,(H2,11,12,13,14). The molecule has 2 rings (SSSR count). The van der Waals surface area contributed by atoms with Gasteiger partial charge in [0.15, 0.2) is 5.37 Å². The Balaban J connectivity index is 1.89. The molecule has 15 heavy (non-hydrogen) atoms. The number of carbonyl (C=O) groups excluding carboxylic acids is 2. The van der Waals surface area contributed by atoms with Crippen molar-refractivity contribution in [1.29, 1.82) is 0 Å². The van der Waals surface area contributed by atoms with Gasteiger partial charge in [-0.3, -0.25) is 10.1 Å². The minimum atomic E-state index is -0.460. The molecule has 1 aliphatic rings. The average Bonchev–Trinajstić information content (AvgIpc) is 2.56. The number of rotatable bonds is 3. The predicted molar refractivity (Wildman–Crippen MR) is 58.2 cm³/mol. The van der Waals surface area contributed by atoms with Crippen molar-refractivity contribution in [3.05, 3.63) is 35.9 Å². The molecule has 1 atom stereocenters. The number of hydrogen-bond acceptors (Lipinski definition) is 3. The predicted octanol–water partition coefficient (Wildman–Crippen LogP) is 1.09. The SMILES string of the molecule is O=C1NC(=O)C(SCc2ccccc2)N1. The lowest BCUT2D eigenvalue weighted by molar-refractivity contribution is -0.118. The molecule has 1 unspecified atom stereocenters. The maximum absolute atomic E-state index is 11.2. The summed E-state index contributed by atoms with van der Waals surface area (Å²) < 4.78 is 0. The first-order valence-electron chi connectivity index (χ1n) is 4.52. The minimum absolute atomic E-state index is 0.263. The zero-order valence-corrected chi connectivity index (χ0v) is 8.71. The molecule has 2 N–H and O–H groups in total. The van der Waals surface area contributed by atoms with Crippen LogP contribution in [0.25, 0.3) is 0 Å². The molecule has 1 aliphatic heterocycles. The summed E-state index contributed by atoms with van der Waals surface area (Å²) in [7, 11) is 0. The molecule has 0 aliphatic carbocycles. The second kappa shape index (κ2) is 4.35. The van der Waals surface area contributed by atoms with E-state index in [9.17, 15) is 9.59 Å². The molecule has 1 aromatic carbocycles. The van der Waals surface area contributed by atoms with Crippen molar-refractivity contribution >= 4 is 23.7 Å². The van der Waals surface area contributed by atoms with E-state index in [1.54, 1.807) is 0 Å². The van der Waals surface area contributed by atoms with E-state index in [1.165, 1.54) is 11.8 Å². The van der Waals surface area contributed by atoms with Crippen molar-refractivity contribution in [2.24, 2.45) is 0 Å². The molecule has 78 valence electrons. The van der Waals surface area contributed by atoms with Gasteiger partial charge in [0.25, 0.3) is 5.91 Å². The van der Waals surface area contributed by atoms with Crippen molar-refractivity contribution in [3.63, 3.8) is 0 Å². The Labute approximate surface area is 91.4 Å². The van der Waals surface area contributed by atoms with Gasteiger partial charge >= 0.3 is 6.03 Å². The van der Waals surface area contributed by atoms with Crippen LogP contribution in [0.1, 0.15) is 5.56 Å². The molecular weight excluding hydrogens is 212 g/mol. The summed E-state index contributed by atoms with van der Waals surface area (Å²) in [5.74, 6) is 0.445. The molecular formula is C10H10N2O2S. The summed E-state index contributed by atoms with van der Waals surface area (Å²) in [5.41, 5.74) is 1.14. The summed E-state index contributed by atoms with van der Waals surface area (Å²) in [6.07, 6.45) is 0. The highest BCUT2D eigenvalue weighted by Gasteiger charge is 2.29. The van der Waals surface area contributed by atoms with E-state index in [2.05, 4.69) is 10.6 Å². The first-order valence-corrected chi connectivity index (χ1v) is 5.57. The highest BCUT2D eigenvalue weighted by atomic mass is 32.2. The Kier molecular flexibility index (Phi) is 2.91. The third-order valence-electron chi connectivity index (χ3n) is 2.00. The summed E-state index contributed by atoms with van der Waals surface area (Å²) in [6.45, 7) is 0. The maximum Gasteiger partial charge on any atom is 0.322 e. The van der Waals surface area contributed by atoms with E-state index in [-0.39, 0.29) is 5.91 Å². The van der Waals surface area contributed by atoms with Gasteiger partial charge in [0.1, 0.15) is 0 Å². The van der Waals surface area contributed by atoms with Crippen LogP contribution < -0.4 is 10.6 Å². The summed E-state index contributed by atoms with van der Waals surface area (Å²) in [4.78, 5) is 22.0. The molecule has 0 aromatic heterocycles. The number of carbonyl (C=O) groups is 2. The minimum Gasteiger partial charge on any atom is -0.317 e. The normalized spacial score (nSPS) is 19.9. The largest absolute Gasteiger partial charge is 0.322 e. The topological polar surface area (TPSA) is 58.2 Å². The Morgan fingerprint density at radius 3 is 2.53 bits per heavy atom. The van der Waals surface area contributed by atoms with Crippen molar-refractivity contribution < 1.29 is 9.59 Å². The lowest BCUT2D eigenvalue weighted by atomic mass is 10.2. The van der Waals surface area contributed by atoms with Gasteiger partial charge in [0.2, 0.25) is 0 Å². The van der Waals surface area contributed by atoms with Crippen LogP contribution in [0.2, 0.25) is 0 Å². The molecule has 4 nitrogen and oxygen atoms in total. The van der Waals surface area contributed by atoms with Gasteiger partial charge in [-0.15, -0.1) is 11.8 Å². The van der Waals surface area contributed by atoms with Crippen molar-refractivity contribution in [3.8, 4) is 0 Å². The number of amides is 3. The fourth-order valence-electron chi connectivity index (χ4n) is 1.27. The van der Waals surface area contributed by atoms with Crippen LogP contribution in [0.15, 0.2) is 30.3 Å². The maximum atomic E-state index is 11.2. The van der Waals surface area contributed by atoms with E-state index in [4.69, 9.17) is 0 Å². The molecule has 1 fully saturated rings. The van der Waals surface area contributed by atoms with Crippen LogP contribution in [0.5, 0.6) is 0 Å². The van der Waals surface area contributed by atoms with Crippen LogP contribution >= 0.6 is 11.8 Å². The van der Waals surface area contributed by atoms with Crippen molar-refractivity contribution in [2.45, 2.75) is 11.1 Å². The van der Waals surface area contributed by atoms with Gasteiger partial charge < -0.3 is 5.32 Å². The van der Waals surface area contributed by atoms with E-state index in [0.717, 1.165) is 5.56 Å². The van der Waals surface area contributed by atoms with Gasteiger partial charge in [0, 0.05) is 5.75 Å². The molecule has 5 heteroatoms. The molecule has 3 amide bonds. The third kappa shape index (κ3) is 2.50. The fraction of sp³-hybridized carbons (Fsp3) is 0.200. The number of benzene rings is 1. The lowest BCUT2D eigenvalue weighted by Gasteiger charge is -2.06. The lowest BCUT2D eigenvalue weighted by Crippen LogP contribution is -2.25. The van der Waals surface area contributed by atoms with Gasteiger partial charge in [-0.2, -0.15) is 0 Å². The molecule has 0 bridgehead atoms. The second-order valence-corrected chi connectivity index (χ2v) is 4.23. The molecule has 0 saturated carbocycles. The van der Waals surface area contributed by atoms with Gasteiger partial charge in [-0.1, -0.05) is 30.3 Å². The van der Waals surface area contributed by atoms with Crippen molar-refractivity contribution in [2.75, 3.05) is 0 Å². The monoisotopic (exact) mass is 222 g/mol. The number of nitrogens with one attached hydrogen (secondary N) is 2. The highest BCUT2D eigenvalue weighted by molar-refractivity contribution is 7.99. The van der Waals surface area contributed by atoms with E-state index in [1.807, 2.05) is 30.3 Å². The first-order chi connectivity index (χ1) is 7.25. The quantitative estimate of drug-likeness (QED) is 0.752. The van der Waals surface area contributed by atoms with Gasteiger partial charge in [-0.25, -0.2) is 4.79 Å². The molecule has 0 radical (unpaired) electrons. The van der Waals surface area contributed by atoms with Crippen molar-refractivity contribution in [1.82, 2.24) is 10.6 Å². The Bertz CT molecular complexity index is 380. The molecule has 1 saturated heterocycles. The first kappa shape index (κ1) is 10.0. The van der Waals surface area contributed by atoms with Crippen LogP contribution in [-0.4, -0.2) is 17.3 Å². The molecule has 1 aromatic rings. The third-order valence-corrected chi connectivity index (χ3v) is 3.16. The Morgan fingerprint density at radius 1 is 1.20 bits per heavy atom. The number of imide groups is 1. The Hall–Kier alpha value is -1.49. The smallest absolute Gasteiger partial charge is 0.317 e. The molecule has 0 spiro atoms. The Morgan fingerprint density at radius 2 is 1.93 bits per heavy atom. The number of hydrogen-bond donors (Lipinski definition) is 2. The zero-order valence-electron chi connectivity index (χ0n) is 7.90. The summed E-state index contributed by atoms with van der Waals surface area (Å²) in [6, 6.07) is 9.40. The number of urea groups is 1. The van der Waals surface area contributed by atoms with Crippen LogP contribution in [0.3, 0.4) is 0 Å². The zero-order chi connectivity index (χ0) is 10.7. The van der Waals surface area contributed by atoms with E-state index >= 15 is 0 Å². The van der Waals surface area contributed by atoms with Crippen LogP contribution in [0, 0.1) is 0 Å². The van der Waals surface area contributed by atoms with E-state index in [0.29, 0.717) is 5.75 Å². The van der Waals surface area contributed by atoms with Gasteiger partial charge in [0.05, 0.1) is 0 Å². The van der Waals surface area contributed by atoms with E-state index < -0.39 is 11.4 Å². The molecule has 1 heterocycles. The second-order valence-electron chi connectivity index (χ2n) is 3.14. The summed E-state index contributed by atoms with van der Waals surface area (Å²) >= 11 is 1.40. The average molecular weight is 222 g/mol. The van der Waals surface area contributed by atoms with Crippen LogP contribution in [0.4, 0.5) is 4.79 Å². The number of thioether (sulfide) groups is 1. The van der Waals surface area contributed by atoms with Gasteiger partial charge in [-0.05, 0) is 5.56 Å².